The fourth-order valence-electron chi connectivity index (χ4n) is 1.33. The average Bonchev–Trinajstić information content (AvgIpc) is 2.31. The van der Waals surface area contributed by atoms with Gasteiger partial charge in [0, 0.05) is 21.7 Å². The first-order valence-corrected chi connectivity index (χ1v) is 5.84. The van der Waals surface area contributed by atoms with Gasteiger partial charge in [-0.3, -0.25) is 4.98 Å². The molecule has 1 aromatic carbocycles. The highest BCUT2D eigenvalue weighted by Gasteiger charge is 2.32. The molecule has 0 bridgehead atoms. The van der Waals surface area contributed by atoms with Crippen molar-refractivity contribution in [3.05, 3.63) is 48.3 Å². The summed E-state index contributed by atoms with van der Waals surface area (Å²) in [5.74, 6) is 0. The van der Waals surface area contributed by atoms with Crippen LogP contribution >= 0.6 is 11.8 Å². The predicted octanol–water partition coefficient (Wildman–Crippen LogP) is 3.83. The molecule has 0 saturated heterocycles. The Balaban J connectivity index is 2.28. The number of rotatable bonds is 2. The van der Waals surface area contributed by atoms with Gasteiger partial charge in [0.05, 0.1) is 0 Å². The standard InChI is InChI=1S/C12H9F3N2S/c13-12(14,15)11-7-8(5-6-17-11)18-10-4-2-1-3-9(10)16/h1-7H,16H2. The minimum Gasteiger partial charge on any atom is -0.398 e. The molecule has 0 atom stereocenters. The van der Waals surface area contributed by atoms with E-state index in [-0.39, 0.29) is 0 Å². The van der Waals surface area contributed by atoms with Crippen molar-refractivity contribution >= 4 is 17.4 Å². The van der Waals surface area contributed by atoms with Crippen LogP contribution in [0.25, 0.3) is 0 Å². The summed E-state index contributed by atoms with van der Waals surface area (Å²) < 4.78 is 37.5. The summed E-state index contributed by atoms with van der Waals surface area (Å²) in [6.45, 7) is 0. The number of nitrogens with two attached hydrogens (primary N) is 1. The Hall–Kier alpha value is -1.69. The molecular weight excluding hydrogens is 261 g/mol. The number of benzene rings is 1. The number of pyridine rings is 1. The fraction of sp³-hybridized carbons (Fsp3) is 0.0833. The minimum absolute atomic E-state index is 0.454. The lowest BCUT2D eigenvalue weighted by Crippen LogP contribution is -2.07. The Morgan fingerprint density at radius 1 is 1.11 bits per heavy atom. The summed E-state index contributed by atoms with van der Waals surface area (Å²) >= 11 is 1.18. The second-order valence-corrected chi connectivity index (χ2v) is 4.63. The van der Waals surface area contributed by atoms with Gasteiger partial charge >= 0.3 is 6.18 Å². The number of nitrogens with zero attached hydrogens (tertiary/aromatic N) is 1. The Labute approximate surface area is 106 Å². The van der Waals surface area contributed by atoms with Gasteiger partial charge in [-0.25, -0.2) is 0 Å². The number of para-hydroxylation sites is 1. The largest absolute Gasteiger partial charge is 0.433 e. The number of anilines is 1. The zero-order valence-electron chi connectivity index (χ0n) is 9.11. The summed E-state index contributed by atoms with van der Waals surface area (Å²) in [5.41, 5.74) is 5.37. The lowest BCUT2D eigenvalue weighted by atomic mass is 10.3. The molecule has 1 aromatic heterocycles. The van der Waals surface area contributed by atoms with Gasteiger partial charge in [-0.15, -0.1) is 0 Å². The predicted molar refractivity (Wildman–Crippen MR) is 64.2 cm³/mol. The molecule has 0 unspecified atom stereocenters. The van der Waals surface area contributed by atoms with Gasteiger partial charge in [0.15, 0.2) is 0 Å². The van der Waals surface area contributed by atoms with Crippen LogP contribution in [-0.2, 0) is 6.18 Å². The van der Waals surface area contributed by atoms with Crippen LogP contribution < -0.4 is 5.73 Å². The van der Waals surface area contributed by atoms with Gasteiger partial charge < -0.3 is 5.73 Å². The number of halogens is 3. The molecule has 0 aliphatic heterocycles. The highest BCUT2D eigenvalue weighted by molar-refractivity contribution is 7.99. The average molecular weight is 270 g/mol. The van der Waals surface area contributed by atoms with Crippen LogP contribution in [-0.4, -0.2) is 4.98 Å². The van der Waals surface area contributed by atoms with Crippen LogP contribution in [0.15, 0.2) is 52.4 Å². The maximum absolute atomic E-state index is 12.5. The molecule has 1 heterocycles. The molecule has 2 nitrogen and oxygen atoms in total. The lowest BCUT2D eigenvalue weighted by Gasteiger charge is -2.08. The number of alkyl halides is 3. The van der Waals surface area contributed by atoms with Gasteiger partial charge in [0.25, 0.3) is 0 Å². The molecule has 0 aliphatic rings. The van der Waals surface area contributed by atoms with Gasteiger partial charge in [0.1, 0.15) is 5.69 Å². The maximum Gasteiger partial charge on any atom is 0.433 e. The smallest absolute Gasteiger partial charge is 0.398 e. The molecule has 2 aromatic rings. The van der Waals surface area contributed by atoms with Gasteiger partial charge in [0.2, 0.25) is 0 Å². The molecule has 0 radical (unpaired) electrons. The van der Waals surface area contributed by atoms with Crippen molar-refractivity contribution in [2.45, 2.75) is 16.0 Å². The third kappa shape index (κ3) is 2.95. The zero-order chi connectivity index (χ0) is 13.2. The van der Waals surface area contributed by atoms with Crippen molar-refractivity contribution in [1.29, 1.82) is 0 Å². The Kier molecular flexibility index (Phi) is 3.47. The van der Waals surface area contributed by atoms with Crippen LogP contribution in [0.3, 0.4) is 0 Å². The number of hydrogen-bond donors (Lipinski definition) is 1. The highest BCUT2D eigenvalue weighted by Crippen LogP contribution is 2.34. The maximum atomic E-state index is 12.5. The van der Waals surface area contributed by atoms with E-state index in [0.717, 1.165) is 17.2 Å². The first-order chi connectivity index (χ1) is 8.47. The third-order valence-corrected chi connectivity index (χ3v) is 3.25. The van der Waals surface area contributed by atoms with Gasteiger partial charge in [-0.2, -0.15) is 13.2 Å². The number of aromatic nitrogens is 1. The lowest BCUT2D eigenvalue weighted by molar-refractivity contribution is -0.141. The van der Waals surface area contributed by atoms with Crippen LogP contribution in [0, 0.1) is 0 Å². The molecule has 0 aliphatic carbocycles. The van der Waals surface area contributed by atoms with Crippen LogP contribution in [0.5, 0.6) is 0 Å². The fourth-order valence-corrected chi connectivity index (χ4v) is 2.22. The highest BCUT2D eigenvalue weighted by atomic mass is 32.2. The number of nitrogen functional groups attached to an aromatic ring is 1. The van der Waals surface area contributed by atoms with E-state index in [9.17, 15) is 13.2 Å². The molecule has 6 heteroatoms. The summed E-state index contributed by atoms with van der Waals surface area (Å²) in [4.78, 5) is 4.48. The molecule has 94 valence electrons. The monoisotopic (exact) mass is 270 g/mol. The van der Waals surface area contributed by atoms with Crippen LogP contribution in [0.1, 0.15) is 5.69 Å². The molecule has 0 saturated carbocycles. The Bertz CT molecular complexity index is 555. The van der Waals surface area contributed by atoms with Crippen molar-refractivity contribution in [3.63, 3.8) is 0 Å². The van der Waals surface area contributed by atoms with E-state index in [1.54, 1.807) is 24.3 Å². The van der Waals surface area contributed by atoms with Gasteiger partial charge in [-0.05, 0) is 24.3 Å². The van der Waals surface area contributed by atoms with Crippen molar-refractivity contribution in [3.8, 4) is 0 Å². The Morgan fingerprint density at radius 2 is 1.83 bits per heavy atom. The van der Waals surface area contributed by atoms with Gasteiger partial charge in [-0.1, -0.05) is 23.9 Å². The second kappa shape index (κ2) is 4.89. The zero-order valence-corrected chi connectivity index (χ0v) is 9.92. The van der Waals surface area contributed by atoms with E-state index in [2.05, 4.69) is 4.98 Å². The summed E-state index contributed by atoms with van der Waals surface area (Å²) in [7, 11) is 0. The van der Waals surface area contributed by atoms with E-state index in [4.69, 9.17) is 5.73 Å². The summed E-state index contributed by atoms with van der Waals surface area (Å²) in [5, 5.41) is 0. The molecular formula is C12H9F3N2S. The molecule has 2 rings (SSSR count). The summed E-state index contributed by atoms with van der Waals surface area (Å²) in [6.07, 6.45) is -3.29. The topological polar surface area (TPSA) is 38.9 Å². The van der Waals surface area contributed by atoms with Crippen molar-refractivity contribution in [2.24, 2.45) is 0 Å². The van der Waals surface area contributed by atoms with Crippen molar-refractivity contribution < 1.29 is 13.2 Å². The Morgan fingerprint density at radius 3 is 2.50 bits per heavy atom. The van der Waals surface area contributed by atoms with E-state index in [1.165, 1.54) is 17.8 Å². The van der Waals surface area contributed by atoms with E-state index >= 15 is 0 Å². The molecule has 0 amide bonds. The molecule has 0 spiro atoms. The van der Waals surface area contributed by atoms with E-state index in [1.807, 2.05) is 0 Å². The SMILES string of the molecule is Nc1ccccc1Sc1ccnc(C(F)(F)F)c1. The van der Waals surface area contributed by atoms with E-state index < -0.39 is 11.9 Å². The van der Waals surface area contributed by atoms with Crippen LogP contribution in [0.2, 0.25) is 0 Å². The third-order valence-electron chi connectivity index (χ3n) is 2.17. The molecule has 2 N–H and O–H groups in total. The number of hydrogen-bond acceptors (Lipinski definition) is 3. The van der Waals surface area contributed by atoms with E-state index in [0.29, 0.717) is 10.6 Å². The second-order valence-electron chi connectivity index (χ2n) is 3.51. The van der Waals surface area contributed by atoms with Crippen molar-refractivity contribution in [2.75, 3.05) is 5.73 Å². The normalized spacial score (nSPS) is 11.5. The quantitative estimate of drug-likeness (QED) is 0.843. The first kappa shape index (κ1) is 12.8. The summed E-state index contributed by atoms with van der Waals surface area (Å²) in [6, 6.07) is 9.54. The molecule has 0 fully saturated rings. The molecule has 18 heavy (non-hydrogen) atoms. The first-order valence-electron chi connectivity index (χ1n) is 5.02. The minimum atomic E-state index is -4.43. The van der Waals surface area contributed by atoms with Crippen LogP contribution in [0.4, 0.5) is 18.9 Å². The van der Waals surface area contributed by atoms with Crippen molar-refractivity contribution in [1.82, 2.24) is 4.98 Å².